The molecule has 6 nitrogen and oxygen atoms in total. The topological polar surface area (TPSA) is 84.8 Å². The van der Waals surface area contributed by atoms with Crippen LogP contribution in [0.3, 0.4) is 0 Å². The van der Waals surface area contributed by atoms with Gasteiger partial charge >= 0.3 is 5.69 Å². The average Bonchev–Trinajstić information content (AvgIpc) is 2.64. The number of nitriles is 1. The standard InChI is InChI=1S/C12H9ClN4O2/c1-7-12(17(18)19)8(2)16(15-7)11-4-3-10(13)5-9(11)6-14/h3-5H,1-2H3. The normalized spacial score (nSPS) is 10.2. The van der Waals surface area contributed by atoms with Crippen molar-refractivity contribution < 1.29 is 4.92 Å². The molecule has 19 heavy (non-hydrogen) atoms. The molecular weight excluding hydrogens is 268 g/mol. The number of halogens is 1. The van der Waals surface area contributed by atoms with Crippen molar-refractivity contribution in [1.29, 1.82) is 5.26 Å². The lowest BCUT2D eigenvalue weighted by molar-refractivity contribution is -0.386. The van der Waals surface area contributed by atoms with Gasteiger partial charge in [0.15, 0.2) is 0 Å². The van der Waals surface area contributed by atoms with E-state index in [1.54, 1.807) is 26.0 Å². The zero-order valence-electron chi connectivity index (χ0n) is 10.2. The molecule has 0 N–H and O–H groups in total. The van der Waals surface area contributed by atoms with Gasteiger partial charge in [0.05, 0.1) is 16.2 Å². The highest BCUT2D eigenvalue weighted by atomic mass is 35.5. The molecule has 2 rings (SSSR count). The maximum atomic E-state index is 11.0. The van der Waals surface area contributed by atoms with Gasteiger partial charge in [0, 0.05) is 5.02 Å². The first-order valence-corrected chi connectivity index (χ1v) is 5.74. The maximum Gasteiger partial charge on any atom is 0.313 e. The van der Waals surface area contributed by atoms with Crippen LogP contribution in [0.5, 0.6) is 0 Å². The summed E-state index contributed by atoms with van der Waals surface area (Å²) in [6.45, 7) is 3.15. The van der Waals surface area contributed by atoms with Crippen molar-refractivity contribution in [3.8, 4) is 11.8 Å². The van der Waals surface area contributed by atoms with Crippen LogP contribution in [0.4, 0.5) is 5.69 Å². The first kappa shape index (κ1) is 13.1. The monoisotopic (exact) mass is 276 g/mol. The van der Waals surface area contributed by atoms with E-state index in [1.165, 1.54) is 10.7 Å². The number of rotatable bonds is 2. The zero-order chi connectivity index (χ0) is 14.2. The first-order chi connectivity index (χ1) is 8.95. The lowest BCUT2D eigenvalue weighted by Crippen LogP contribution is -2.02. The van der Waals surface area contributed by atoms with Crippen LogP contribution < -0.4 is 0 Å². The number of aromatic nitrogens is 2. The van der Waals surface area contributed by atoms with Gasteiger partial charge in [-0.25, -0.2) is 4.68 Å². The van der Waals surface area contributed by atoms with Crippen LogP contribution in [0.15, 0.2) is 18.2 Å². The fourth-order valence-electron chi connectivity index (χ4n) is 1.92. The lowest BCUT2D eigenvalue weighted by Gasteiger charge is -2.06. The summed E-state index contributed by atoms with van der Waals surface area (Å²) >= 11 is 5.82. The van der Waals surface area contributed by atoms with Crippen LogP contribution in [0.1, 0.15) is 17.0 Å². The van der Waals surface area contributed by atoms with Crippen molar-refractivity contribution in [3.05, 3.63) is 50.3 Å². The van der Waals surface area contributed by atoms with E-state index in [-0.39, 0.29) is 5.69 Å². The Morgan fingerprint density at radius 1 is 1.47 bits per heavy atom. The molecule has 0 aliphatic carbocycles. The van der Waals surface area contributed by atoms with E-state index < -0.39 is 4.92 Å². The third-order valence-corrected chi connectivity index (χ3v) is 2.98. The molecule has 0 bridgehead atoms. The minimum absolute atomic E-state index is 0.0427. The summed E-state index contributed by atoms with van der Waals surface area (Å²) in [6, 6.07) is 6.73. The predicted molar refractivity (Wildman–Crippen MR) is 69.4 cm³/mol. The lowest BCUT2D eigenvalue weighted by atomic mass is 10.2. The van der Waals surface area contributed by atoms with Crippen LogP contribution in [-0.2, 0) is 0 Å². The Bertz CT molecular complexity index is 715. The van der Waals surface area contributed by atoms with Gasteiger partial charge in [-0.05, 0) is 32.0 Å². The largest absolute Gasteiger partial charge is 0.313 e. The first-order valence-electron chi connectivity index (χ1n) is 5.36. The summed E-state index contributed by atoms with van der Waals surface area (Å²) in [5.41, 5.74) is 1.43. The Morgan fingerprint density at radius 2 is 2.16 bits per heavy atom. The minimum Gasteiger partial charge on any atom is -0.258 e. The Labute approximate surface area is 114 Å². The number of hydrogen-bond donors (Lipinski definition) is 0. The van der Waals surface area contributed by atoms with Crippen molar-refractivity contribution in [2.45, 2.75) is 13.8 Å². The number of benzene rings is 1. The van der Waals surface area contributed by atoms with Crippen LogP contribution in [0.2, 0.25) is 5.02 Å². The van der Waals surface area contributed by atoms with Crippen molar-refractivity contribution >= 4 is 17.3 Å². The van der Waals surface area contributed by atoms with Gasteiger partial charge in [-0.3, -0.25) is 10.1 Å². The molecular formula is C12H9ClN4O2. The molecule has 0 fully saturated rings. The van der Waals surface area contributed by atoms with E-state index >= 15 is 0 Å². The van der Waals surface area contributed by atoms with Gasteiger partial charge in [0.1, 0.15) is 17.5 Å². The Kier molecular flexibility index (Phi) is 3.23. The van der Waals surface area contributed by atoms with E-state index in [0.29, 0.717) is 27.7 Å². The van der Waals surface area contributed by atoms with Gasteiger partial charge in [0.25, 0.3) is 0 Å². The highest BCUT2D eigenvalue weighted by molar-refractivity contribution is 6.30. The Hall–Kier alpha value is -2.39. The summed E-state index contributed by atoms with van der Waals surface area (Å²) in [7, 11) is 0. The summed E-state index contributed by atoms with van der Waals surface area (Å²) in [6.07, 6.45) is 0. The molecule has 0 radical (unpaired) electrons. The molecule has 0 aliphatic heterocycles. The highest BCUT2D eigenvalue weighted by Gasteiger charge is 2.23. The van der Waals surface area contributed by atoms with Crippen LogP contribution >= 0.6 is 11.6 Å². The second kappa shape index (κ2) is 4.71. The van der Waals surface area contributed by atoms with Gasteiger partial charge in [0.2, 0.25) is 0 Å². The molecule has 1 aromatic heterocycles. The molecule has 1 aromatic carbocycles. The van der Waals surface area contributed by atoms with Crippen molar-refractivity contribution in [3.63, 3.8) is 0 Å². The quantitative estimate of drug-likeness (QED) is 0.623. The fraction of sp³-hybridized carbons (Fsp3) is 0.167. The SMILES string of the molecule is Cc1nn(-c2ccc(Cl)cc2C#N)c(C)c1[N+](=O)[O-]. The summed E-state index contributed by atoms with van der Waals surface area (Å²) in [4.78, 5) is 10.5. The second-order valence-corrected chi connectivity index (χ2v) is 4.40. The van der Waals surface area contributed by atoms with E-state index in [2.05, 4.69) is 5.10 Å². The number of aryl methyl sites for hydroxylation is 1. The molecule has 7 heteroatoms. The summed E-state index contributed by atoms with van der Waals surface area (Å²) in [5.74, 6) is 0. The van der Waals surface area contributed by atoms with Gasteiger partial charge in [-0.1, -0.05) is 11.6 Å². The number of hydrogen-bond acceptors (Lipinski definition) is 4. The maximum absolute atomic E-state index is 11.0. The van der Waals surface area contributed by atoms with Crippen LogP contribution in [0, 0.1) is 35.3 Å². The van der Waals surface area contributed by atoms with Gasteiger partial charge in [-0.2, -0.15) is 10.4 Å². The van der Waals surface area contributed by atoms with E-state index in [1.807, 2.05) is 6.07 Å². The second-order valence-electron chi connectivity index (χ2n) is 3.96. The number of nitro groups is 1. The molecule has 1 heterocycles. The predicted octanol–water partition coefficient (Wildman–Crippen LogP) is 2.92. The molecule has 0 unspecified atom stereocenters. The number of nitrogens with zero attached hydrogens (tertiary/aromatic N) is 4. The van der Waals surface area contributed by atoms with Crippen molar-refractivity contribution in [2.24, 2.45) is 0 Å². The molecule has 0 amide bonds. The molecule has 2 aromatic rings. The molecule has 0 saturated heterocycles. The average molecular weight is 277 g/mol. The molecule has 0 atom stereocenters. The summed E-state index contributed by atoms with van der Waals surface area (Å²) < 4.78 is 1.39. The third kappa shape index (κ3) is 2.16. The van der Waals surface area contributed by atoms with E-state index in [9.17, 15) is 10.1 Å². The van der Waals surface area contributed by atoms with Crippen LogP contribution in [0.25, 0.3) is 5.69 Å². The minimum atomic E-state index is -0.476. The Balaban J connectivity index is 2.71. The zero-order valence-corrected chi connectivity index (χ0v) is 11.0. The van der Waals surface area contributed by atoms with Gasteiger partial charge < -0.3 is 0 Å². The molecule has 0 spiro atoms. The fourth-order valence-corrected chi connectivity index (χ4v) is 2.09. The van der Waals surface area contributed by atoms with Crippen molar-refractivity contribution in [1.82, 2.24) is 9.78 Å². The third-order valence-electron chi connectivity index (χ3n) is 2.74. The van der Waals surface area contributed by atoms with Crippen LogP contribution in [-0.4, -0.2) is 14.7 Å². The van der Waals surface area contributed by atoms with Crippen molar-refractivity contribution in [2.75, 3.05) is 0 Å². The molecule has 0 saturated carbocycles. The highest BCUT2D eigenvalue weighted by Crippen LogP contribution is 2.27. The van der Waals surface area contributed by atoms with E-state index in [0.717, 1.165) is 0 Å². The summed E-state index contributed by atoms with van der Waals surface area (Å²) in [5, 5.41) is 24.6. The molecule has 96 valence electrons. The Morgan fingerprint density at radius 3 is 2.68 bits per heavy atom. The smallest absolute Gasteiger partial charge is 0.258 e. The van der Waals surface area contributed by atoms with Gasteiger partial charge in [-0.15, -0.1) is 0 Å². The molecule has 0 aliphatic rings. The van der Waals surface area contributed by atoms with E-state index in [4.69, 9.17) is 16.9 Å².